The van der Waals surface area contributed by atoms with Crippen LogP contribution >= 0.6 is 0 Å². The SMILES string of the molecule is CCCCCCCCCCCCCCCC(=O)O[C@@H](COC(=O)CCCCCCCCCCC(C)C)COC(=O)CCCCCCCCCC(C)C. The molecule has 0 radical (unpaired) electrons. The maximum absolute atomic E-state index is 12.7. The van der Waals surface area contributed by atoms with Crippen molar-refractivity contribution in [1.29, 1.82) is 0 Å². The van der Waals surface area contributed by atoms with E-state index < -0.39 is 6.10 Å². The van der Waals surface area contributed by atoms with Crippen LogP contribution in [0.25, 0.3) is 0 Å². The standard InChI is InChI=1S/C46H88O6/c1-6-7-8-9-10-11-12-13-14-15-22-28-33-38-46(49)52-43(40-51-45(48)37-32-27-23-18-20-25-30-35-42(4)5)39-50-44(47)36-31-26-21-17-16-19-24-29-34-41(2)3/h41-43H,6-40H2,1-5H3/t43-/m0/s1. The second-order valence-corrected chi connectivity index (χ2v) is 16.6. The molecular formula is C46H88O6. The Labute approximate surface area is 323 Å². The van der Waals surface area contributed by atoms with Gasteiger partial charge in [-0.15, -0.1) is 0 Å². The number of esters is 3. The van der Waals surface area contributed by atoms with Gasteiger partial charge < -0.3 is 14.2 Å². The fourth-order valence-electron chi connectivity index (χ4n) is 6.75. The zero-order valence-corrected chi connectivity index (χ0v) is 35.4. The minimum Gasteiger partial charge on any atom is -0.462 e. The van der Waals surface area contributed by atoms with Crippen molar-refractivity contribution in [3.8, 4) is 0 Å². The minimum absolute atomic E-state index is 0.0658. The van der Waals surface area contributed by atoms with Gasteiger partial charge in [0.05, 0.1) is 0 Å². The lowest BCUT2D eigenvalue weighted by atomic mass is 10.0. The molecule has 0 aromatic heterocycles. The Bertz CT molecular complexity index is 794. The Morgan fingerprint density at radius 2 is 0.635 bits per heavy atom. The van der Waals surface area contributed by atoms with E-state index in [4.69, 9.17) is 14.2 Å². The number of carbonyl (C=O) groups excluding carboxylic acids is 3. The Balaban J connectivity index is 4.34. The van der Waals surface area contributed by atoms with Gasteiger partial charge in [-0.3, -0.25) is 14.4 Å². The van der Waals surface area contributed by atoms with E-state index in [1.54, 1.807) is 0 Å². The molecule has 0 rings (SSSR count). The molecule has 0 aromatic carbocycles. The first-order valence-electron chi connectivity index (χ1n) is 22.7. The number of ether oxygens (including phenoxy) is 3. The summed E-state index contributed by atoms with van der Waals surface area (Å²) in [5.74, 6) is 0.717. The Morgan fingerprint density at radius 1 is 0.365 bits per heavy atom. The summed E-state index contributed by atoms with van der Waals surface area (Å²) >= 11 is 0. The zero-order valence-electron chi connectivity index (χ0n) is 35.4. The van der Waals surface area contributed by atoms with E-state index in [1.165, 1.54) is 135 Å². The Kier molecular flexibility index (Phi) is 37.9. The highest BCUT2D eigenvalue weighted by Crippen LogP contribution is 2.16. The van der Waals surface area contributed by atoms with Gasteiger partial charge in [-0.1, -0.05) is 208 Å². The molecule has 0 spiro atoms. The molecule has 6 nitrogen and oxygen atoms in total. The molecule has 0 saturated heterocycles. The highest BCUT2D eigenvalue weighted by Gasteiger charge is 2.19. The molecule has 52 heavy (non-hydrogen) atoms. The van der Waals surface area contributed by atoms with E-state index in [9.17, 15) is 14.4 Å². The number of hydrogen-bond acceptors (Lipinski definition) is 6. The van der Waals surface area contributed by atoms with E-state index in [2.05, 4.69) is 34.6 Å². The Morgan fingerprint density at radius 3 is 0.942 bits per heavy atom. The molecule has 0 aromatic rings. The van der Waals surface area contributed by atoms with Gasteiger partial charge in [0.15, 0.2) is 6.10 Å². The van der Waals surface area contributed by atoms with Crippen LogP contribution < -0.4 is 0 Å². The molecule has 0 N–H and O–H groups in total. The molecule has 0 aliphatic heterocycles. The van der Waals surface area contributed by atoms with E-state index in [1.807, 2.05) is 0 Å². The maximum Gasteiger partial charge on any atom is 0.306 e. The van der Waals surface area contributed by atoms with Crippen molar-refractivity contribution >= 4 is 17.9 Å². The molecule has 0 unspecified atom stereocenters. The average Bonchev–Trinajstić information content (AvgIpc) is 3.11. The third kappa shape index (κ3) is 39.6. The molecule has 0 bridgehead atoms. The van der Waals surface area contributed by atoms with Crippen molar-refractivity contribution in [3.63, 3.8) is 0 Å². The van der Waals surface area contributed by atoms with Crippen LogP contribution in [0.4, 0.5) is 0 Å². The summed E-state index contributed by atoms with van der Waals surface area (Å²) in [6.07, 6.45) is 36.7. The van der Waals surface area contributed by atoms with Crippen LogP contribution in [0.3, 0.4) is 0 Å². The molecule has 0 saturated carbocycles. The van der Waals surface area contributed by atoms with Crippen molar-refractivity contribution in [2.75, 3.05) is 13.2 Å². The quantitative estimate of drug-likeness (QED) is 0.0354. The largest absolute Gasteiger partial charge is 0.462 e. The molecule has 0 heterocycles. The minimum atomic E-state index is -0.760. The summed E-state index contributed by atoms with van der Waals surface area (Å²) in [7, 11) is 0. The van der Waals surface area contributed by atoms with Gasteiger partial charge in [0.2, 0.25) is 0 Å². The van der Waals surface area contributed by atoms with Crippen LogP contribution in [0.1, 0.15) is 247 Å². The Hall–Kier alpha value is -1.59. The molecule has 0 amide bonds. The van der Waals surface area contributed by atoms with Gasteiger partial charge in [-0.2, -0.15) is 0 Å². The van der Waals surface area contributed by atoms with E-state index in [0.717, 1.165) is 69.6 Å². The van der Waals surface area contributed by atoms with Crippen molar-refractivity contribution in [3.05, 3.63) is 0 Å². The van der Waals surface area contributed by atoms with Gasteiger partial charge in [-0.25, -0.2) is 0 Å². The van der Waals surface area contributed by atoms with Crippen LogP contribution in [0.15, 0.2) is 0 Å². The molecular weight excluding hydrogens is 648 g/mol. The summed E-state index contributed by atoms with van der Waals surface area (Å²) in [6, 6.07) is 0. The van der Waals surface area contributed by atoms with Gasteiger partial charge in [0.25, 0.3) is 0 Å². The second-order valence-electron chi connectivity index (χ2n) is 16.6. The number of hydrogen-bond donors (Lipinski definition) is 0. The van der Waals surface area contributed by atoms with Gasteiger partial charge in [0, 0.05) is 19.3 Å². The summed E-state index contributed by atoms with van der Waals surface area (Å²) < 4.78 is 16.7. The highest BCUT2D eigenvalue weighted by atomic mass is 16.6. The number of rotatable bonds is 40. The van der Waals surface area contributed by atoms with Gasteiger partial charge in [-0.05, 0) is 31.1 Å². The van der Waals surface area contributed by atoms with Crippen molar-refractivity contribution in [1.82, 2.24) is 0 Å². The monoisotopic (exact) mass is 737 g/mol. The van der Waals surface area contributed by atoms with E-state index >= 15 is 0 Å². The number of unbranched alkanes of at least 4 members (excludes halogenated alkanes) is 25. The summed E-state index contributed by atoms with van der Waals surface area (Å²) in [4.78, 5) is 37.7. The normalized spacial score (nSPS) is 12.1. The number of carbonyl (C=O) groups is 3. The van der Waals surface area contributed by atoms with Crippen LogP contribution in [0.2, 0.25) is 0 Å². The van der Waals surface area contributed by atoms with Gasteiger partial charge in [0.1, 0.15) is 13.2 Å². The lowest BCUT2D eigenvalue weighted by Gasteiger charge is -2.18. The molecule has 308 valence electrons. The van der Waals surface area contributed by atoms with E-state index in [0.29, 0.717) is 19.3 Å². The first-order chi connectivity index (χ1) is 25.2. The van der Waals surface area contributed by atoms with E-state index in [-0.39, 0.29) is 31.1 Å². The first-order valence-corrected chi connectivity index (χ1v) is 22.7. The van der Waals surface area contributed by atoms with Crippen LogP contribution in [-0.2, 0) is 28.6 Å². The van der Waals surface area contributed by atoms with Crippen LogP contribution in [-0.4, -0.2) is 37.2 Å². The second kappa shape index (κ2) is 39.1. The van der Waals surface area contributed by atoms with Crippen molar-refractivity contribution in [2.45, 2.75) is 253 Å². The smallest absolute Gasteiger partial charge is 0.306 e. The predicted octanol–water partition coefficient (Wildman–Crippen LogP) is 14.2. The third-order valence-electron chi connectivity index (χ3n) is 10.2. The lowest BCUT2D eigenvalue weighted by molar-refractivity contribution is -0.167. The van der Waals surface area contributed by atoms with Gasteiger partial charge >= 0.3 is 17.9 Å². The van der Waals surface area contributed by atoms with Crippen LogP contribution in [0.5, 0.6) is 0 Å². The van der Waals surface area contributed by atoms with Crippen LogP contribution in [0, 0.1) is 11.8 Å². The average molecular weight is 737 g/mol. The zero-order chi connectivity index (χ0) is 38.3. The van der Waals surface area contributed by atoms with Crippen molar-refractivity contribution in [2.24, 2.45) is 11.8 Å². The molecule has 0 aliphatic rings. The third-order valence-corrected chi connectivity index (χ3v) is 10.2. The summed E-state index contributed by atoms with van der Waals surface area (Å²) in [5, 5.41) is 0. The predicted molar refractivity (Wildman–Crippen MR) is 220 cm³/mol. The maximum atomic E-state index is 12.7. The molecule has 1 atom stereocenters. The lowest BCUT2D eigenvalue weighted by Crippen LogP contribution is -2.30. The molecule has 0 fully saturated rings. The first kappa shape index (κ1) is 50.4. The fraction of sp³-hybridized carbons (Fsp3) is 0.935. The fourth-order valence-corrected chi connectivity index (χ4v) is 6.75. The topological polar surface area (TPSA) is 78.9 Å². The highest BCUT2D eigenvalue weighted by molar-refractivity contribution is 5.71. The van der Waals surface area contributed by atoms with Crippen molar-refractivity contribution < 1.29 is 28.6 Å². The molecule has 0 aliphatic carbocycles. The molecule has 6 heteroatoms. The summed E-state index contributed by atoms with van der Waals surface area (Å²) in [5.41, 5.74) is 0. The summed E-state index contributed by atoms with van der Waals surface area (Å²) in [6.45, 7) is 11.3.